The summed E-state index contributed by atoms with van der Waals surface area (Å²) < 4.78 is 17.7. The highest BCUT2D eigenvalue weighted by Crippen LogP contribution is 2.32. The van der Waals surface area contributed by atoms with Crippen LogP contribution in [0.25, 0.3) is 0 Å². The molecule has 1 aromatic rings. The number of unbranched alkanes of at least 4 members (excludes halogenated alkanes) is 2. The monoisotopic (exact) mass is 426 g/mol. The quantitative estimate of drug-likeness (QED) is 0.314. The number of hydrogen-bond acceptors (Lipinski definition) is 5. The van der Waals surface area contributed by atoms with Gasteiger partial charge < -0.3 is 25.4 Å². The second-order valence-electron chi connectivity index (χ2n) is 7.46. The Balaban J connectivity index is 1.76. The molecule has 162 valence electrons. The summed E-state index contributed by atoms with van der Waals surface area (Å²) >= 11 is 0. The number of carbonyl (C=O) groups excluding carboxylic acids is 1. The number of carboxylic acid groups (broad SMARTS) is 1. The molecule has 1 saturated heterocycles. The van der Waals surface area contributed by atoms with Crippen LogP contribution >= 0.6 is 8.03 Å². The maximum atomic E-state index is 11.8. The number of carboxylic acids is 1. The molecule has 1 fully saturated rings. The maximum Gasteiger partial charge on any atom is 0.335 e. The minimum atomic E-state index is -2.72. The third-order valence-electron chi connectivity index (χ3n) is 5.11. The smallest absolute Gasteiger partial charge is 0.335 e. The second kappa shape index (κ2) is 12.1. The Bertz CT molecular complexity index is 706. The van der Waals surface area contributed by atoms with E-state index in [2.05, 4.69) is 10.6 Å². The molecule has 1 amide bonds. The number of hydrogen-bond donors (Lipinski definition) is 4. The third-order valence-corrected chi connectivity index (χ3v) is 6.40. The molecule has 0 bridgehead atoms. The molecule has 0 spiro atoms. The molecule has 0 saturated carbocycles. The molecule has 1 aromatic carbocycles. The van der Waals surface area contributed by atoms with Gasteiger partial charge in [0.15, 0.2) is 8.03 Å². The van der Waals surface area contributed by atoms with Crippen LogP contribution in [0.5, 0.6) is 0 Å². The summed E-state index contributed by atoms with van der Waals surface area (Å²) in [6, 6.07) is 6.87. The van der Waals surface area contributed by atoms with E-state index >= 15 is 0 Å². The lowest BCUT2D eigenvalue weighted by molar-refractivity contribution is -0.118. The largest absolute Gasteiger partial charge is 0.478 e. The van der Waals surface area contributed by atoms with E-state index < -0.39 is 14.0 Å². The molecular formula is C20H31N2O6P. The standard InChI is InChI=1S/C20H31N2O6P/c1-14(23)21-9-4-2-3-8-19(29(26)27)18-12-22-17(13-28-18)11-15-6-5-7-16(10-15)20(24)25/h5-7,10,17-19,22,29H,2-4,8-9,11-13H2,1H3,(H,21,23)(H,24,25)(H,26,27)/t17-,18-,19?/m1/s1. The third kappa shape index (κ3) is 8.26. The van der Waals surface area contributed by atoms with E-state index in [-0.39, 0.29) is 29.3 Å². The molecular weight excluding hydrogens is 395 g/mol. The maximum absolute atomic E-state index is 11.8. The van der Waals surface area contributed by atoms with Crippen molar-refractivity contribution in [3.05, 3.63) is 35.4 Å². The van der Waals surface area contributed by atoms with Crippen LogP contribution in [0.1, 0.15) is 48.5 Å². The van der Waals surface area contributed by atoms with Gasteiger partial charge in [-0.1, -0.05) is 25.0 Å². The summed E-state index contributed by atoms with van der Waals surface area (Å²) in [7, 11) is -2.72. The van der Waals surface area contributed by atoms with E-state index in [1.54, 1.807) is 18.2 Å². The Labute approximate surface area is 171 Å². The summed E-state index contributed by atoms with van der Waals surface area (Å²) in [5, 5.41) is 15.2. The predicted octanol–water partition coefficient (Wildman–Crippen LogP) is 1.82. The second-order valence-corrected chi connectivity index (χ2v) is 8.88. The van der Waals surface area contributed by atoms with Crippen LogP contribution in [0.3, 0.4) is 0 Å². The van der Waals surface area contributed by atoms with Gasteiger partial charge in [-0.3, -0.25) is 9.36 Å². The molecule has 29 heavy (non-hydrogen) atoms. The molecule has 8 nitrogen and oxygen atoms in total. The van der Waals surface area contributed by atoms with E-state index in [0.29, 0.717) is 32.5 Å². The minimum Gasteiger partial charge on any atom is -0.478 e. The van der Waals surface area contributed by atoms with Gasteiger partial charge in [-0.2, -0.15) is 0 Å². The first-order valence-corrected chi connectivity index (χ1v) is 11.4. The predicted molar refractivity (Wildman–Crippen MR) is 111 cm³/mol. The lowest BCUT2D eigenvalue weighted by atomic mass is 10.0. The van der Waals surface area contributed by atoms with Crippen LogP contribution in [0.15, 0.2) is 24.3 Å². The van der Waals surface area contributed by atoms with Crippen molar-refractivity contribution in [3.8, 4) is 0 Å². The first kappa shape index (κ1) is 23.5. The Morgan fingerprint density at radius 1 is 1.34 bits per heavy atom. The zero-order valence-corrected chi connectivity index (χ0v) is 17.7. The Morgan fingerprint density at radius 3 is 2.76 bits per heavy atom. The molecule has 1 aliphatic rings. The van der Waals surface area contributed by atoms with Crippen LogP contribution in [-0.2, 0) is 20.5 Å². The summed E-state index contributed by atoms with van der Waals surface area (Å²) in [6.07, 6.45) is 3.49. The Hall–Kier alpha value is -1.73. The Morgan fingerprint density at radius 2 is 2.14 bits per heavy atom. The first-order valence-electron chi connectivity index (χ1n) is 10.0. The fourth-order valence-electron chi connectivity index (χ4n) is 3.54. The fourth-order valence-corrected chi connectivity index (χ4v) is 4.53. The fraction of sp³-hybridized carbons (Fsp3) is 0.600. The average molecular weight is 426 g/mol. The van der Waals surface area contributed by atoms with Gasteiger partial charge >= 0.3 is 5.97 Å². The van der Waals surface area contributed by atoms with Crippen LogP contribution in [0.4, 0.5) is 0 Å². The summed E-state index contributed by atoms with van der Waals surface area (Å²) in [5.74, 6) is -0.998. The highest BCUT2D eigenvalue weighted by molar-refractivity contribution is 7.39. The van der Waals surface area contributed by atoms with Gasteiger partial charge in [0.25, 0.3) is 0 Å². The van der Waals surface area contributed by atoms with Gasteiger partial charge in [-0.05, 0) is 37.0 Å². The van der Waals surface area contributed by atoms with Crippen molar-refractivity contribution in [2.45, 2.75) is 56.8 Å². The number of rotatable bonds is 11. The van der Waals surface area contributed by atoms with Crippen molar-refractivity contribution in [3.63, 3.8) is 0 Å². The summed E-state index contributed by atoms with van der Waals surface area (Å²) in [6.45, 7) is 3.02. The van der Waals surface area contributed by atoms with Gasteiger partial charge in [0.1, 0.15) is 0 Å². The Kier molecular flexibility index (Phi) is 9.81. The van der Waals surface area contributed by atoms with Gasteiger partial charge in [-0.15, -0.1) is 0 Å². The van der Waals surface area contributed by atoms with Gasteiger partial charge in [0, 0.05) is 26.1 Å². The number of morpholine rings is 1. The number of amides is 1. The van der Waals surface area contributed by atoms with Gasteiger partial charge in [-0.25, -0.2) is 4.79 Å². The van der Waals surface area contributed by atoms with Crippen molar-refractivity contribution in [2.24, 2.45) is 0 Å². The number of carbonyl (C=O) groups is 2. The number of benzene rings is 1. The summed E-state index contributed by atoms with van der Waals surface area (Å²) in [4.78, 5) is 31.7. The van der Waals surface area contributed by atoms with Crippen LogP contribution in [0.2, 0.25) is 0 Å². The molecule has 1 heterocycles. The highest BCUT2D eigenvalue weighted by Gasteiger charge is 2.31. The minimum absolute atomic E-state index is 0.0367. The highest BCUT2D eigenvalue weighted by atomic mass is 31.1. The normalized spacial score (nSPS) is 21.3. The molecule has 4 atom stereocenters. The number of nitrogens with one attached hydrogen (secondary N) is 2. The summed E-state index contributed by atoms with van der Waals surface area (Å²) in [5.41, 5.74) is 0.787. The van der Waals surface area contributed by atoms with Crippen molar-refractivity contribution in [2.75, 3.05) is 19.7 Å². The van der Waals surface area contributed by atoms with E-state index in [1.165, 1.54) is 6.92 Å². The van der Waals surface area contributed by atoms with Gasteiger partial charge in [0.2, 0.25) is 5.91 Å². The number of aromatic carboxylic acids is 1. The molecule has 4 N–H and O–H groups in total. The number of ether oxygens (including phenoxy) is 1. The SMILES string of the molecule is CC(=O)NCCCCCC([C@H]1CN[C@H](Cc2cccc(C(=O)O)c2)CO1)[PH](=O)O. The molecule has 0 aromatic heterocycles. The molecule has 1 aliphatic heterocycles. The first-order chi connectivity index (χ1) is 13.9. The van der Waals surface area contributed by atoms with Crippen molar-refractivity contribution in [1.82, 2.24) is 10.6 Å². The van der Waals surface area contributed by atoms with Gasteiger partial charge in [0.05, 0.1) is 23.9 Å². The van der Waals surface area contributed by atoms with E-state index in [4.69, 9.17) is 9.84 Å². The van der Waals surface area contributed by atoms with Crippen molar-refractivity contribution < 1.29 is 28.9 Å². The zero-order valence-electron chi connectivity index (χ0n) is 16.7. The van der Waals surface area contributed by atoms with Crippen molar-refractivity contribution >= 4 is 19.9 Å². The molecule has 9 heteroatoms. The lowest BCUT2D eigenvalue weighted by Gasteiger charge is -2.34. The van der Waals surface area contributed by atoms with Crippen LogP contribution < -0.4 is 10.6 Å². The average Bonchev–Trinajstić information content (AvgIpc) is 2.68. The van der Waals surface area contributed by atoms with Crippen molar-refractivity contribution in [1.29, 1.82) is 0 Å². The lowest BCUT2D eigenvalue weighted by Crippen LogP contribution is -2.50. The van der Waals surface area contributed by atoms with E-state index in [9.17, 15) is 19.0 Å². The molecule has 0 aliphatic carbocycles. The molecule has 2 rings (SSSR count). The molecule has 2 unspecified atom stereocenters. The zero-order chi connectivity index (χ0) is 21.2. The van der Waals surface area contributed by atoms with Crippen LogP contribution in [0, 0.1) is 0 Å². The topological polar surface area (TPSA) is 125 Å². The van der Waals surface area contributed by atoms with E-state index in [0.717, 1.165) is 24.8 Å². The molecule has 0 radical (unpaired) electrons. The van der Waals surface area contributed by atoms with E-state index in [1.807, 2.05) is 6.07 Å². The van der Waals surface area contributed by atoms with Crippen LogP contribution in [-0.4, -0.2) is 59.4 Å².